The van der Waals surface area contributed by atoms with Crippen molar-refractivity contribution in [2.45, 2.75) is 19.4 Å². The van der Waals surface area contributed by atoms with Gasteiger partial charge in [0.15, 0.2) is 0 Å². The van der Waals surface area contributed by atoms with E-state index in [9.17, 15) is 4.79 Å². The summed E-state index contributed by atoms with van der Waals surface area (Å²) in [5.41, 5.74) is 1.83. The molecule has 5 N–H and O–H groups in total. The summed E-state index contributed by atoms with van der Waals surface area (Å²) in [6.45, 7) is 2.95. The minimum Gasteiger partial charge on any atom is -0.481 e. The van der Waals surface area contributed by atoms with E-state index < -0.39 is 23.8 Å². The Morgan fingerprint density at radius 3 is 2.18 bits per heavy atom. The Balaban J connectivity index is 0.000000626. The molecule has 0 saturated carbocycles. The lowest BCUT2D eigenvalue weighted by molar-refractivity contribution is -0.159. The molecule has 0 spiro atoms. The zero-order valence-electron chi connectivity index (χ0n) is 12.0. The van der Waals surface area contributed by atoms with Crippen molar-refractivity contribution >= 4 is 17.9 Å². The van der Waals surface area contributed by atoms with Crippen molar-refractivity contribution in [2.75, 3.05) is 13.2 Å². The predicted octanol–water partition coefficient (Wildman–Crippen LogP) is 0.112. The maximum Gasteiger partial charge on any atom is 0.414 e. The van der Waals surface area contributed by atoms with Crippen molar-refractivity contribution in [3.05, 3.63) is 35.4 Å². The molecule has 0 saturated heterocycles. The van der Waals surface area contributed by atoms with Crippen LogP contribution in [0.4, 0.5) is 0 Å². The molecule has 8 nitrogen and oxygen atoms in total. The summed E-state index contributed by atoms with van der Waals surface area (Å²) in [7, 11) is 0. The Bertz CT molecular complexity index is 504. The third kappa shape index (κ3) is 7.98. The molecular weight excluding hydrogens is 294 g/mol. The molecule has 1 aromatic rings. The molecule has 1 rings (SSSR count). The summed E-state index contributed by atoms with van der Waals surface area (Å²) in [5.74, 6) is -4.96. The van der Waals surface area contributed by atoms with Gasteiger partial charge in [-0.15, -0.1) is 0 Å². The quantitative estimate of drug-likeness (QED) is 0.368. The SMILES string of the molecule is CC(C(=O)O)c1cccc(CNCCO)c1.O=C(O)C(=O)O. The molecule has 1 atom stereocenters. The van der Waals surface area contributed by atoms with E-state index in [2.05, 4.69) is 5.32 Å². The second-order valence-electron chi connectivity index (χ2n) is 4.32. The molecule has 0 aliphatic carbocycles. The Labute approximate surface area is 127 Å². The zero-order valence-corrected chi connectivity index (χ0v) is 12.0. The maximum atomic E-state index is 10.8. The third-order valence-electron chi connectivity index (χ3n) is 2.62. The highest BCUT2D eigenvalue weighted by Gasteiger charge is 2.13. The Morgan fingerprint density at radius 2 is 1.73 bits per heavy atom. The standard InChI is InChI=1S/C12H17NO3.C2H2O4/c1-9(12(15)16)11-4-2-3-10(7-11)8-13-5-6-14;3-1(4)2(5)6/h2-4,7,9,13-14H,5-6,8H2,1H3,(H,15,16);(H,3,4)(H,5,6). The van der Waals surface area contributed by atoms with E-state index in [0.29, 0.717) is 13.1 Å². The number of nitrogens with one attached hydrogen (secondary N) is 1. The van der Waals surface area contributed by atoms with Crippen molar-refractivity contribution < 1.29 is 34.8 Å². The average molecular weight is 313 g/mol. The van der Waals surface area contributed by atoms with Gasteiger partial charge in [0.1, 0.15) is 0 Å². The number of aliphatic carboxylic acids is 3. The van der Waals surface area contributed by atoms with Gasteiger partial charge in [0, 0.05) is 13.1 Å². The number of benzene rings is 1. The molecule has 0 bridgehead atoms. The number of carboxylic acids is 3. The van der Waals surface area contributed by atoms with Gasteiger partial charge in [0.05, 0.1) is 12.5 Å². The van der Waals surface area contributed by atoms with Gasteiger partial charge < -0.3 is 25.7 Å². The molecule has 0 aliphatic heterocycles. The lowest BCUT2D eigenvalue weighted by atomic mass is 9.99. The van der Waals surface area contributed by atoms with Crippen molar-refractivity contribution in [3.63, 3.8) is 0 Å². The molecule has 0 aromatic heterocycles. The van der Waals surface area contributed by atoms with Gasteiger partial charge in [0.25, 0.3) is 0 Å². The van der Waals surface area contributed by atoms with Crippen LogP contribution in [0, 0.1) is 0 Å². The summed E-state index contributed by atoms with van der Waals surface area (Å²) in [5, 5.41) is 35.3. The van der Waals surface area contributed by atoms with Gasteiger partial charge in [0.2, 0.25) is 0 Å². The van der Waals surface area contributed by atoms with Gasteiger partial charge in [-0.05, 0) is 18.1 Å². The Kier molecular flexibility index (Phi) is 9.15. The first kappa shape index (κ1) is 19.6. The van der Waals surface area contributed by atoms with Gasteiger partial charge in [-0.2, -0.15) is 0 Å². The third-order valence-corrected chi connectivity index (χ3v) is 2.62. The summed E-state index contributed by atoms with van der Waals surface area (Å²) >= 11 is 0. The molecule has 0 aliphatic rings. The molecule has 22 heavy (non-hydrogen) atoms. The molecule has 0 amide bonds. The fourth-order valence-corrected chi connectivity index (χ4v) is 1.43. The Morgan fingerprint density at radius 1 is 1.14 bits per heavy atom. The van der Waals surface area contributed by atoms with E-state index in [1.807, 2.05) is 24.3 Å². The number of rotatable bonds is 6. The fourth-order valence-electron chi connectivity index (χ4n) is 1.43. The van der Waals surface area contributed by atoms with Gasteiger partial charge in [-0.3, -0.25) is 4.79 Å². The molecular formula is C14H19NO7. The fraction of sp³-hybridized carbons (Fsp3) is 0.357. The summed E-state index contributed by atoms with van der Waals surface area (Å²) < 4.78 is 0. The van der Waals surface area contributed by atoms with Crippen LogP contribution in [0.5, 0.6) is 0 Å². The number of aliphatic hydroxyl groups is 1. The first-order valence-electron chi connectivity index (χ1n) is 6.39. The van der Waals surface area contributed by atoms with E-state index >= 15 is 0 Å². The highest BCUT2D eigenvalue weighted by molar-refractivity contribution is 6.27. The number of carbonyl (C=O) groups is 3. The van der Waals surface area contributed by atoms with Crippen LogP contribution in [-0.4, -0.2) is 51.5 Å². The minimum atomic E-state index is -1.82. The zero-order chi connectivity index (χ0) is 17.1. The summed E-state index contributed by atoms with van der Waals surface area (Å²) in [4.78, 5) is 29.0. The van der Waals surface area contributed by atoms with Crippen LogP contribution in [-0.2, 0) is 20.9 Å². The number of hydrogen-bond donors (Lipinski definition) is 5. The lowest BCUT2D eigenvalue weighted by Crippen LogP contribution is -2.17. The molecule has 0 heterocycles. The maximum absolute atomic E-state index is 10.8. The van der Waals surface area contributed by atoms with Crippen LogP contribution in [0.1, 0.15) is 24.0 Å². The highest BCUT2D eigenvalue weighted by atomic mass is 16.4. The number of carboxylic acid groups (broad SMARTS) is 3. The molecule has 1 aromatic carbocycles. The monoisotopic (exact) mass is 313 g/mol. The normalized spacial score (nSPS) is 11.0. The van der Waals surface area contributed by atoms with Crippen LogP contribution in [0.2, 0.25) is 0 Å². The minimum absolute atomic E-state index is 0.102. The average Bonchev–Trinajstić information content (AvgIpc) is 2.47. The van der Waals surface area contributed by atoms with Crippen LogP contribution >= 0.6 is 0 Å². The van der Waals surface area contributed by atoms with E-state index in [-0.39, 0.29) is 6.61 Å². The molecule has 0 radical (unpaired) electrons. The number of aliphatic hydroxyl groups excluding tert-OH is 1. The first-order chi connectivity index (χ1) is 10.3. The van der Waals surface area contributed by atoms with E-state index in [0.717, 1.165) is 11.1 Å². The van der Waals surface area contributed by atoms with Crippen LogP contribution in [0.15, 0.2) is 24.3 Å². The summed E-state index contributed by atoms with van der Waals surface area (Å²) in [6, 6.07) is 7.48. The lowest BCUT2D eigenvalue weighted by Gasteiger charge is -2.09. The van der Waals surface area contributed by atoms with Crippen molar-refractivity contribution in [1.29, 1.82) is 0 Å². The van der Waals surface area contributed by atoms with Crippen molar-refractivity contribution in [2.24, 2.45) is 0 Å². The smallest absolute Gasteiger partial charge is 0.414 e. The largest absolute Gasteiger partial charge is 0.481 e. The van der Waals surface area contributed by atoms with E-state index in [4.69, 9.17) is 30.0 Å². The van der Waals surface area contributed by atoms with Gasteiger partial charge in [-0.25, -0.2) is 9.59 Å². The van der Waals surface area contributed by atoms with Crippen LogP contribution in [0.3, 0.4) is 0 Å². The summed E-state index contributed by atoms with van der Waals surface area (Å²) in [6.07, 6.45) is 0. The second-order valence-corrected chi connectivity index (χ2v) is 4.32. The molecule has 122 valence electrons. The van der Waals surface area contributed by atoms with Crippen molar-refractivity contribution in [1.82, 2.24) is 5.32 Å². The Hall–Kier alpha value is -2.45. The molecule has 1 unspecified atom stereocenters. The van der Waals surface area contributed by atoms with Gasteiger partial charge >= 0.3 is 17.9 Å². The van der Waals surface area contributed by atoms with E-state index in [1.165, 1.54) is 0 Å². The van der Waals surface area contributed by atoms with Crippen molar-refractivity contribution in [3.8, 4) is 0 Å². The predicted molar refractivity (Wildman–Crippen MR) is 76.6 cm³/mol. The topological polar surface area (TPSA) is 144 Å². The van der Waals surface area contributed by atoms with Crippen LogP contribution in [0.25, 0.3) is 0 Å². The first-order valence-corrected chi connectivity index (χ1v) is 6.39. The molecule has 0 fully saturated rings. The van der Waals surface area contributed by atoms with Gasteiger partial charge in [-0.1, -0.05) is 24.3 Å². The van der Waals surface area contributed by atoms with Crippen LogP contribution < -0.4 is 5.32 Å². The highest BCUT2D eigenvalue weighted by Crippen LogP contribution is 2.16. The van der Waals surface area contributed by atoms with E-state index in [1.54, 1.807) is 6.92 Å². The number of hydrogen-bond acceptors (Lipinski definition) is 5. The molecule has 8 heteroatoms. The second kappa shape index (κ2) is 10.3.